The molecule has 11 nitrogen and oxygen atoms in total. The molecule has 3 aromatic rings. The highest BCUT2D eigenvalue weighted by Gasteiger charge is 2.30. The molecule has 12 heteroatoms. The van der Waals surface area contributed by atoms with Crippen LogP contribution in [-0.4, -0.2) is 56.4 Å². The summed E-state index contributed by atoms with van der Waals surface area (Å²) in [6.45, 7) is 1.16. The molecule has 1 aliphatic rings. The van der Waals surface area contributed by atoms with Gasteiger partial charge in [-0.25, -0.2) is 8.42 Å². The van der Waals surface area contributed by atoms with Crippen LogP contribution in [0.15, 0.2) is 72.8 Å². The Morgan fingerprint density at radius 1 is 1.03 bits per heavy atom. The van der Waals surface area contributed by atoms with Gasteiger partial charge in [0.2, 0.25) is 15.9 Å². The first-order valence-electron chi connectivity index (χ1n) is 12.0. The number of nitro groups is 1. The van der Waals surface area contributed by atoms with Gasteiger partial charge in [-0.1, -0.05) is 30.3 Å². The van der Waals surface area contributed by atoms with E-state index in [1.54, 1.807) is 62.6 Å². The van der Waals surface area contributed by atoms with Crippen LogP contribution in [0.25, 0.3) is 11.3 Å². The average Bonchev–Trinajstić information content (AvgIpc) is 3.25. The van der Waals surface area contributed by atoms with Gasteiger partial charge in [-0.2, -0.15) is 0 Å². The lowest BCUT2D eigenvalue weighted by atomic mass is 9.99. The molecule has 1 heterocycles. The van der Waals surface area contributed by atoms with Crippen LogP contribution in [0, 0.1) is 10.1 Å². The Hall–Kier alpha value is -4.71. The third-order valence-corrected chi connectivity index (χ3v) is 7.91. The maximum atomic E-state index is 13.1. The molecular weight excluding hydrogens is 522 g/mol. The van der Waals surface area contributed by atoms with Crippen LogP contribution in [0.4, 0.5) is 22.7 Å². The van der Waals surface area contributed by atoms with E-state index in [0.29, 0.717) is 33.9 Å². The van der Waals surface area contributed by atoms with E-state index in [1.165, 1.54) is 30.0 Å². The van der Waals surface area contributed by atoms with Gasteiger partial charge < -0.3 is 15.5 Å². The summed E-state index contributed by atoms with van der Waals surface area (Å²) in [5.41, 5.74) is 2.85. The lowest BCUT2D eigenvalue weighted by Crippen LogP contribution is -2.41. The highest BCUT2D eigenvalue weighted by atomic mass is 32.2. The van der Waals surface area contributed by atoms with E-state index in [0.717, 1.165) is 4.31 Å². The molecule has 3 aromatic carbocycles. The molecular formula is C27H27N5O6S. The van der Waals surface area contributed by atoms with Gasteiger partial charge in [-0.15, -0.1) is 0 Å². The quantitative estimate of drug-likeness (QED) is 0.235. The molecule has 1 aliphatic heterocycles. The normalized spacial score (nSPS) is 13.8. The zero-order valence-corrected chi connectivity index (χ0v) is 22.4. The molecule has 0 aromatic heterocycles. The zero-order valence-electron chi connectivity index (χ0n) is 21.5. The number of anilines is 3. The van der Waals surface area contributed by atoms with Gasteiger partial charge in [-0.3, -0.25) is 24.0 Å². The SMILES string of the molecule is CCS(=O)(=O)N(CC(=O)N(C)C)c1ccc(N/C(=C2\C(=O)Nc3ccc([N+](=O)[O-])cc32)c2ccccc2)cc1. The second-order valence-corrected chi connectivity index (χ2v) is 11.1. The Morgan fingerprint density at radius 2 is 1.69 bits per heavy atom. The van der Waals surface area contributed by atoms with Crippen molar-refractivity contribution in [2.24, 2.45) is 0 Å². The van der Waals surface area contributed by atoms with E-state index >= 15 is 0 Å². The first kappa shape index (κ1) is 27.3. The van der Waals surface area contributed by atoms with E-state index in [1.807, 2.05) is 6.07 Å². The number of benzene rings is 3. The zero-order chi connectivity index (χ0) is 28.3. The van der Waals surface area contributed by atoms with Gasteiger partial charge in [0, 0.05) is 43.2 Å². The van der Waals surface area contributed by atoms with Crippen LogP contribution in [-0.2, 0) is 19.6 Å². The van der Waals surface area contributed by atoms with Gasteiger partial charge in [0.25, 0.3) is 11.6 Å². The topological polar surface area (TPSA) is 142 Å². The average molecular weight is 550 g/mol. The van der Waals surface area contributed by atoms with Crippen LogP contribution in [0.3, 0.4) is 0 Å². The fourth-order valence-corrected chi connectivity index (χ4v) is 5.09. The molecule has 0 unspecified atom stereocenters. The number of non-ortho nitro benzene ring substituents is 1. The number of amides is 2. The number of rotatable bonds is 9. The molecule has 0 atom stereocenters. The van der Waals surface area contributed by atoms with Crippen molar-refractivity contribution in [1.82, 2.24) is 4.90 Å². The van der Waals surface area contributed by atoms with Crippen molar-refractivity contribution in [3.63, 3.8) is 0 Å². The monoisotopic (exact) mass is 549 g/mol. The van der Waals surface area contributed by atoms with E-state index < -0.39 is 20.9 Å². The minimum absolute atomic E-state index is 0.149. The fraction of sp³-hybridized carbons (Fsp3) is 0.185. The molecule has 39 heavy (non-hydrogen) atoms. The lowest BCUT2D eigenvalue weighted by molar-refractivity contribution is -0.384. The maximum Gasteiger partial charge on any atom is 0.270 e. The van der Waals surface area contributed by atoms with Gasteiger partial charge in [0.15, 0.2) is 0 Å². The summed E-state index contributed by atoms with van der Waals surface area (Å²) in [6.07, 6.45) is 0. The number of carbonyl (C=O) groups excluding carboxylic acids is 2. The van der Waals surface area contributed by atoms with E-state index in [2.05, 4.69) is 10.6 Å². The van der Waals surface area contributed by atoms with E-state index in [9.17, 15) is 28.1 Å². The molecule has 0 aliphatic carbocycles. The van der Waals surface area contributed by atoms with E-state index in [-0.39, 0.29) is 29.5 Å². The number of carbonyl (C=O) groups is 2. The highest BCUT2D eigenvalue weighted by molar-refractivity contribution is 7.92. The van der Waals surface area contributed by atoms with Crippen LogP contribution >= 0.6 is 0 Å². The van der Waals surface area contributed by atoms with Crippen molar-refractivity contribution < 1.29 is 22.9 Å². The van der Waals surface area contributed by atoms with Crippen molar-refractivity contribution in [3.8, 4) is 0 Å². The number of nitro benzene ring substituents is 1. The van der Waals surface area contributed by atoms with Gasteiger partial charge in [-0.05, 0) is 42.8 Å². The smallest absolute Gasteiger partial charge is 0.270 e. The second kappa shape index (κ2) is 11.0. The second-order valence-electron chi connectivity index (χ2n) is 8.92. The molecule has 0 radical (unpaired) electrons. The highest BCUT2D eigenvalue weighted by Crippen LogP contribution is 2.39. The summed E-state index contributed by atoms with van der Waals surface area (Å²) in [7, 11) is -0.633. The van der Waals surface area contributed by atoms with Crippen molar-refractivity contribution >= 4 is 55.9 Å². The van der Waals surface area contributed by atoms with Crippen LogP contribution < -0.4 is 14.9 Å². The lowest BCUT2D eigenvalue weighted by Gasteiger charge is -2.25. The summed E-state index contributed by atoms with van der Waals surface area (Å²) in [4.78, 5) is 37.6. The number of fused-ring (bicyclic) bond motifs is 1. The Labute approximate surface area is 225 Å². The first-order valence-corrected chi connectivity index (χ1v) is 13.6. The molecule has 0 fully saturated rings. The Morgan fingerprint density at radius 3 is 2.28 bits per heavy atom. The fourth-order valence-electron chi connectivity index (χ4n) is 4.03. The minimum atomic E-state index is -3.74. The predicted molar refractivity (Wildman–Crippen MR) is 151 cm³/mol. The molecule has 0 bridgehead atoms. The van der Waals surface area contributed by atoms with Crippen LogP contribution in [0.1, 0.15) is 18.1 Å². The van der Waals surface area contributed by atoms with Crippen molar-refractivity contribution in [2.75, 3.05) is 41.3 Å². The summed E-state index contributed by atoms with van der Waals surface area (Å²) in [5.74, 6) is -0.972. The molecule has 0 saturated heterocycles. The third-order valence-electron chi connectivity index (χ3n) is 6.17. The maximum absolute atomic E-state index is 13.1. The molecule has 4 rings (SSSR count). The number of hydrogen-bond acceptors (Lipinski definition) is 7. The van der Waals surface area contributed by atoms with Crippen molar-refractivity contribution in [2.45, 2.75) is 6.92 Å². The van der Waals surface area contributed by atoms with Gasteiger partial charge >= 0.3 is 0 Å². The largest absolute Gasteiger partial charge is 0.354 e. The summed E-state index contributed by atoms with van der Waals surface area (Å²) in [5, 5.41) is 17.4. The molecule has 0 spiro atoms. The Balaban J connectivity index is 1.77. The standard InChI is InChI=1S/C27H27N5O6S/c1-4-39(37,38)31(17-24(33)30(2)3)20-12-10-19(11-13-20)28-26(18-8-6-5-7-9-18)25-22-16-21(32(35)36)14-15-23(22)29-27(25)34/h5-16,28H,4,17H2,1-3H3,(H,29,34)/b26-25-. The number of sulfonamides is 1. The minimum Gasteiger partial charge on any atom is -0.354 e. The molecule has 0 saturated carbocycles. The summed E-state index contributed by atoms with van der Waals surface area (Å²) in [6, 6.07) is 19.6. The number of likely N-dealkylation sites (N-methyl/N-ethyl adjacent to an activating group) is 1. The van der Waals surface area contributed by atoms with Crippen LogP contribution in [0.2, 0.25) is 0 Å². The van der Waals surface area contributed by atoms with Gasteiger partial charge in [0.1, 0.15) is 6.54 Å². The third kappa shape index (κ3) is 5.75. The number of nitrogens with one attached hydrogen (secondary N) is 2. The Kier molecular flexibility index (Phi) is 7.68. The molecule has 2 N–H and O–H groups in total. The van der Waals surface area contributed by atoms with Crippen LogP contribution in [0.5, 0.6) is 0 Å². The summed E-state index contributed by atoms with van der Waals surface area (Å²) >= 11 is 0. The molecule has 2 amide bonds. The van der Waals surface area contributed by atoms with E-state index in [4.69, 9.17) is 0 Å². The van der Waals surface area contributed by atoms with Crippen molar-refractivity contribution in [1.29, 1.82) is 0 Å². The molecule has 202 valence electrons. The first-order chi connectivity index (χ1) is 18.5. The predicted octanol–water partition coefficient (Wildman–Crippen LogP) is 3.77. The Bertz CT molecular complexity index is 1570. The summed E-state index contributed by atoms with van der Waals surface area (Å²) < 4.78 is 26.6. The van der Waals surface area contributed by atoms with Crippen molar-refractivity contribution in [3.05, 3.63) is 94.0 Å². The number of nitrogens with zero attached hydrogens (tertiary/aromatic N) is 3. The van der Waals surface area contributed by atoms with Gasteiger partial charge in [0.05, 0.1) is 27.6 Å². The number of hydrogen-bond donors (Lipinski definition) is 2.